The Labute approximate surface area is 121 Å². The highest BCUT2D eigenvalue weighted by Crippen LogP contribution is 2.30. The van der Waals surface area contributed by atoms with Crippen molar-refractivity contribution in [3.05, 3.63) is 21.9 Å². The molecule has 1 amide bonds. The summed E-state index contributed by atoms with van der Waals surface area (Å²) in [5.41, 5.74) is 0. The predicted molar refractivity (Wildman–Crippen MR) is 80.6 cm³/mol. The minimum atomic E-state index is 0.0898. The van der Waals surface area contributed by atoms with Gasteiger partial charge in [-0.15, -0.1) is 11.3 Å². The lowest BCUT2D eigenvalue weighted by atomic mass is 9.80. The van der Waals surface area contributed by atoms with Gasteiger partial charge in [-0.05, 0) is 43.7 Å². The first-order chi connectivity index (χ1) is 8.70. The molecule has 1 N–H and O–H groups in total. The molecule has 1 aromatic rings. The van der Waals surface area contributed by atoms with Crippen molar-refractivity contribution in [2.75, 3.05) is 11.9 Å². The number of rotatable bonds is 4. The van der Waals surface area contributed by atoms with Crippen molar-refractivity contribution in [3.8, 4) is 0 Å². The van der Waals surface area contributed by atoms with Gasteiger partial charge in [0.2, 0.25) is 0 Å². The molecule has 2 unspecified atom stereocenters. The topological polar surface area (TPSA) is 29.1 Å². The third kappa shape index (κ3) is 3.58. The number of hydrogen-bond acceptors (Lipinski definition) is 2. The third-order valence-electron chi connectivity index (χ3n) is 3.75. The first-order valence-corrected chi connectivity index (χ1v) is 8.55. The van der Waals surface area contributed by atoms with Gasteiger partial charge in [-0.1, -0.05) is 28.8 Å². The number of halogens is 1. The van der Waals surface area contributed by atoms with Gasteiger partial charge in [-0.3, -0.25) is 4.79 Å². The van der Waals surface area contributed by atoms with E-state index in [0.717, 1.165) is 22.7 Å². The molecule has 4 heteroatoms. The molecule has 0 aromatic carbocycles. The Morgan fingerprint density at radius 2 is 2.11 bits per heavy atom. The van der Waals surface area contributed by atoms with Crippen molar-refractivity contribution in [2.24, 2.45) is 11.8 Å². The van der Waals surface area contributed by atoms with Crippen LogP contribution in [0.1, 0.15) is 40.2 Å². The van der Waals surface area contributed by atoms with Crippen LogP contribution in [0.25, 0.3) is 0 Å². The quantitative estimate of drug-likeness (QED) is 0.831. The van der Waals surface area contributed by atoms with Crippen LogP contribution in [-0.2, 0) is 0 Å². The van der Waals surface area contributed by atoms with Crippen LogP contribution in [-0.4, -0.2) is 17.8 Å². The van der Waals surface area contributed by atoms with Crippen LogP contribution < -0.4 is 5.32 Å². The molecule has 2 atom stereocenters. The van der Waals surface area contributed by atoms with Gasteiger partial charge in [0.15, 0.2) is 0 Å². The Kier molecular flexibility index (Phi) is 5.25. The molecule has 1 aliphatic rings. The standard InChI is InChI=1S/C14H20BrNOS/c1-10-6-7-13(18-10)14(17)16-9-12-5-3-2-4-11(12)8-15/h6-7,11-12H,2-5,8-9H2,1H3,(H,16,17). The zero-order valence-electron chi connectivity index (χ0n) is 10.7. The highest BCUT2D eigenvalue weighted by molar-refractivity contribution is 9.09. The molecule has 0 spiro atoms. The first-order valence-electron chi connectivity index (χ1n) is 6.61. The molecule has 1 heterocycles. The molecule has 0 radical (unpaired) electrons. The van der Waals surface area contributed by atoms with Gasteiger partial charge in [0, 0.05) is 16.8 Å². The molecule has 2 nitrogen and oxygen atoms in total. The molecular formula is C14H20BrNOS. The lowest BCUT2D eigenvalue weighted by molar-refractivity contribution is 0.0941. The average molecular weight is 330 g/mol. The minimum Gasteiger partial charge on any atom is -0.351 e. The van der Waals surface area contributed by atoms with Crippen LogP contribution in [0.4, 0.5) is 0 Å². The number of carbonyl (C=O) groups is 1. The van der Waals surface area contributed by atoms with E-state index >= 15 is 0 Å². The van der Waals surface area contributed by atoms with E-state index in [-0.39, 0.29) is 5.91 Å². The van der Waals surface area contributed by atoms with Crippen LogP contribution in [0.3, 0.4) is 0 Å². The maximum absolute atomic E-state index is 12.0. The summed E-state index contributed by atoms with van der Waals surface area (Å²) in [4.78, 5) is 14.0. The molecular weight excluding hydrogens is 310 g/mol. The number of amides is 1. The second kappa shape index (κ2) is 6.71. The molecule has 0 aliphatic heterocycles. The van der Waals surface area contributed by atoms with Crippen LogP contribution in [0.2, 0.25) is 0 Å². The highest BCUT2D eigenvalue weighted by Gasteiger charge is 2.24. The smallest absolute Gasteiger partial charge is 0.261 e. The van der Waals surface area contributed by atoms with Gasteiger partial charge in [0.05, 0.1) is 4.88 Å². The summed E-state index contributed by atoms with van der Waals surface area (Å²) in [6.45, 7) is 2.86. The zero-order valence-corrected chi connectivity index (χ0v) is 13.1. The zero-order chi connectivity index (χ0) is 13.0. The molecule has 2 rings (SSSR count). The summed E-state index contributed by atoms with van der Waals surface area (Å²) in [6, 6.07) is 3.92. The minimum absolute atomic E-state index is 0.0898. The lowest BCUT2D eigenvalue weighted by Gasteiger charge is -2.30. The number of aryl methyl sites for hydroxylation is 1. The van der Waals surface area contributed by atoms with Gasteiger partial charge in [0.1, 0.15) is 0 Å². The van der Waals surface area contributed by atoms with Crippen molar-refractivity contribution < 1.29 is 4.79 Å². The number of carbonyl (C=O) groups excluding carboxylic acids is 1. The maximum Gasteiger partial charge on any atom is 0.261 e. The third-order valence-corrected chi connectivity index (χ3v) is 5.58. The van der Waals surface area contributed by atoms with Crippen molar-refractivity contribution in [1.29, 1.82) is 0 Å². The molecule has 18 heavy (non-hydrogen) atoms. The van der Waals surface area contributed by atoms with Crippen molar-refractivity contribution in [1.82, 2.24) is 5.32 Å². The van der Waals surface area contributed by atoms with E-state index in [2.05, 4.69) is 21.2 Å². The second-order valence-electron chi connectivity index (χ2n) is 5.08. The monoisotopic (exact) mass is 329 g/mol. The van der Waals surface area contributed by atoms with E-state index in [0.29, 0.717) is 5.92 Å². The molecule has 0 saturated heterocycles. The number of nitrogens with one attached hydrogen (secondary N) is 1. The molecule has 1 fully saturated rings. The second-order valence-corrected chi connectivity index (χ2v) is 7.01. The SMILES string of the molecule is Cc1ccc(C(=O)NCC2CCCCC2CBr)s1. The van der Waals surface area contributed by atoms with Crippen LogP contribution >= 0.6 is 27.3 Å². The Hall–Kier alpha value is -0.350. The van der Waals surface area contributed by atoms with E-state index in [1.165, 1.54) is 30.6 Å². The Morgan fingerprint density at radius 3 is 2.72 bits per heavy atom. The van der Waals surface area contributed by atoms with Gasteiger partial charge in [-0.2, -0.15) is 0 Å². The highest BCUT2D eigenvalue weighted by atomic mass is 79.9. The number of alkyl halides is 1. The van der Waals surface area contributed by atoms with Crippen LogP contribution in [0.5, 0.6) is 0 Å². The van der Waals surface area contributed by atoms with E-state index < -0.39 is 0 Å². The summed E-state index contributed by atoms with van der Waals surface area (Å²) >= 11 is 5.16. The van der Waals surface area contributed by atoms with Gasteiger partial charge >= 0.3 is 0 Å². The maximum atomic E-state index is 12.0. The number of thiophene rings is 1. The fraction of sp³-hybridized carbons (Fsp3) is 0.643. The molecule has 0 bridgehead atoms. The Morgan fingerprint density at radius 1 is 1.39 bits per heavy atom. The lowest BCUT2D eigenvalue weighted by Crippen LogP contribution is -2.34. The summed E-state index contributed by atoms with van der Waals surface area (Å²) in [5.74, 6) is 1.46. The van der Waals surface area contributed by atoms with E-state index in [1.807, 2.05) is 19.1 Å². The fourth-order valence-electron chi connectivity index (χ4n) is 2.62. The van der Waals surface area contributed by atoms with Crippen LogP contribution in [0.15, 0.2) is 12.1 Å². The molecule has 1 saturated carbocycles. The number of hydrogen-bond donors (Lipinski definition) is 1. The van der Waals surface area contributed by atoms with Crippen molar-refractivity contribution in [2.45, 2.75) is 32.6 Å². The van der Waals surface area contributed by atoms with Crippen molar-refractivity contribution >= 4 is 33.2 Å². The molecule has 1 aliphatic carbocycles. The van der Waals surface area contributed by atoms with Gasteiger partial charge < -0.3 is 5.32 Å². The first kappa shape index (κ1) is 14.1. The average Bonchev–Trinajstić information content (AvgIpc) is 2.83. The summed E-state index contributed by atoms with van der Waals surface area (Å²) < 4.78 is 0. The molecule has 1 aromatic heterocycles. The van der Waals surface area contributed by atoms with Gasteiger partial charge in [-0.25, -0.2) is 0 Å². The van der Waals surface area contributed by atoms with Crippen LogP contribution in [0, 0.1) is 18.8 Å². The summed E-state index contributed by atoms with van der Waals surface area (Å²) in [7, 11) is 0. The van der Waals surface area contributed by atoms with E-state index in [1.54, 1.807) is 11.3 Å². The summed E-state index contributed by atoms with van der Waals surface area (Å²) in [6.07, 6.45) is 5.19. The fourth-order valence-corrected chi connectivity index (χ4v) is 4.26. The summed E-state index contributed by atoms with van der Waals surface area (Å²) in [5, 5.41) is 4.16. The van der Waals surface area contributed by atoms with Crippen molar-refractivity contribution in [3.63, 3.8) is 0 Å². The normalized spacial score (nSPS) is 23.9. The Bertz CT molecular complexity index is 404. The Balaban J connectivity index is 1.85. The van der Waals surface area contributed by atoms with Gasteiger partial charge in [0.25, 0.3) is 5.91 Å². The largest absolute Gasteiger partial charge is 0.351 e. The van der Waals surface area contributed by atoms with E-state index in [9.17, 15) is 4.79 Å². The molecule has 100 valence electrons. The van der Waals surface area contributed by atoms with E-state index in [4.69, 9.17) is 0 Å². The predicted octanol–water partition coefficient (Wildman–Crippen LogP) is 3.99.